The van der Waals surface area contributed by atoms with E-state index < -0.39 is 10.8 Å². The second kappa shape index (κ2) is 6.44. The first-order valence-electron chi connectivity index (χ1n) is 6.22. The van der Waals surface area contributed by atoms with Gasteiger partial charge in [0.25, 0.3) is 11.6 Å². The van der Waals surface area contributed by atoms with Crippen LogP contribution in [0.3, 0.4) is 0 Å². The van der Waals surface area contributed by atoms with Gasteiger partial charge in [-0.25, -0.2) is 10.4 Å². The second-order valence-corrected chi connectivity index (χ2v) is 4.31. The number of phenolic OH excluding ortho intramolecular Hbond substituents is 1. The molecule has 2 aromatic rings. The Balaban J connectivity index is 2.10. The standard InChI is InChI=1S/C14H12N4O4/c1-9(11-4-2-3-5-13(11)19)16-17-14(20)12-7-6-10(8-15-12)18(21)22/h2-8,19H,1H3,(H,17,20)/b16-9+. The quantitative estimate of drug-likeness (QED) is 0.507. The van der Waals surface area contributed by atoms with Gasteiger partial charge in [-0.3, -0.25) is 14.9 Å². The minimum Gasteiger partial charge on any atom is -0.507 e. The van der Waals surface area contributed by atoms with Crippen molar-refractivity contribution in [2.45, 2.75) is 6.92 Å². The number of aromatic hydroxyl groups is 1. The lowest BCUT2D eigenvalue weighted by Gasteiger charge is -2.04. The zero-order chi connectivity index (χ0) is 16.1. The fraction of sp³-hybridized carbons (Fsp3) is 0.0714. The summed E-state index contributed by atoms with van der Waals surface area (Å²) in [4.78, 5) is 25.4. The van der Waals surface area contributed by atoms with E-state index in [-0.39, 0.29) is 17.1 Å². The Morgan fingerprint density at radius 1 is 1.32 bits per heavy atom. The summed E-state index contributed by atoms with van der Waals surface area (Å²) in [6, 6.07) is 8.98. The van der Waals surface area contributed by atoms with E-state index in [0.29, 0.717) is 11.3 Å². The number of carbonyl (C=O) groups is 1. The van der Waals surface area contributed by atoms with Crippen molar-refractivity contribution in [3.63, 3.8) is 0 Å². The highest BCUT2D eigenvalue weighted by atomic mass is 16.6. The number of hydrogen-bond donors (Lipinski definition) is 2. The molecule has 2 rings (SSSR count). The van der Waals surface area contributed by atoms with Crippen LogP contribution >= 0.6 is 0 Å². The number of aromatic nitrogens is 1. The van der Waals surface area contributed by atoms with Crippen molar-refractivity contribution < 1.29 is 14.8 Å². The summed E-state index contributed by atoms with van der Waals surface area (Å²) in [5, 5.41) is 24.1. The van der Waals surface area contributed by atoms with Crippen molar-refractivity contribution >= 4 is 17.3 Å². The Labute approximate surface area is 125 Å². The number of nitro groups is 1. The van der Waals surface area contributed by atoms with Crippen molar-refractivity contribution in [2.24, 2.45) is 5.10 Å². The zero-order valence-corrected chi connectivity index (χ0v) is 11.6. The maximum Gasteiger partial charge on any atom is 0.289 e. The summed E-state index contributed by atoms with van der Waals surface area (Å²) in [7, 11) is 0. The third kappa shape index (κ3) is 3.42. The van der Waals surface area contributed by atoms with Gasteiger partial charge in [-0.1, -0.05) is 12.1 Å². The summed E-state index contributed by atoms with van der Waals surface area (Å²) >= 11 is 0. The van der Waals surface area contributed by atoms with Crippen LogP contribution in [-0.4, -0.2) is 26.6 Å². The molecule has 8 nitrogen and oxygen atoms in total. The zero-order valence-electron chi connectivity index (χ0n) is 11.6. The number of nitrogens with zero attached hydrogens (tertiary/aromatic N) is 3. The fourth-order valence-corrected chi connectivity index (χ4v) is 1.66. The molecular weight excluding hydrogens is 288 g/mol. The second-order valence-electron chi connectivity index (χ2n) is 4.31. The van der Waals surface area contributed by atoms with Crippen molar-refractivity contribution in [1.82, 2.24) is 10.4 Å². The van der Waals surface area contributed by atoms with Crippen molar-refractivity contribution in [3.8, 4) is 5.75 Å². The maximum atomic E-state index is 11.8. The molecule has 1 aromatic carbocycles. The largest absolute Gasteiger partial charge is 0.507 e. The molecule has 1 heterocycles. The Morgan fingerprint density at radius 2 is 2.05 bits per heavy atom. The minimum absolute atomic E-state index is 0.000524. The van der Waals surface area contributed by atoms with Gasteiger partial charge in [-0.2, -0.15) is 5.10 Å². The van der Waals surface area contributed by atoms with E-state index in [1.54, 1.807) is 25.1 Å². The molecule has 0 aliphatic carbocycles. The lowest BCUT2D eigenvalue weighted by atomic mass is 10.1. The number of pyridine rings is 1. The van der Waals surface area contributed by atoms with Crippen LogP contribution in [0.15, 0.2) is 47.7 Å². The first-order valence-corrected chi connectivity index (χ1v) is 6.22. The first kappa shape index (κ1) is 15.1. The average Bonchev–Trinajstić information content (AvgIpc) is 2.52. The number of hydrogen-bond acceptors (Lipinski definition) is 6. The molecule has 0 spiro atoms. The number of hydrazone groups is 1. The van der Waals surface area contributed by atoms with E-state index in [4.69, 9.17) is 0 Å². The van der Waals surface area contributed by atoms with Gasteiger partial charge in [-0.05, 0) is 25.1 Å². The highest BCUT2D eigenvalue weighted by molar-refractivity contribution is 6.02. The third-order valence-corrected chi connectivity index (χ3v) is 2.81. The molecule has 0 radical (unpaired) electrons. The molecular formula is C14H12N4O4. The molecule has 1 aromatic heterocycles. The lowest BCUT2D eigenvalue weighted by molar-refractivity contribution is -0.385. The molecule has 0 saturated carbocycles. The molecule has 0 aliphatic heterocycles. The molecule has 22 heavy (non-hydrogen) atoms. The summed E-state index contributed by atoms with van der Waals surface area (Å²) in [5.74, 6) is -0.559. The number of amides is 1. The highest BCUT2D eigenvalue weighted by Crippen LogP contribution is 2.16. The van der Waals surface area contributed by atoms with Gasteiger partial charge in [0.05, 0.1) is 10.6 Å². The van der Waals surface area contributed by atoms with Crippen LogP contribution in [0.4, 0.5) is 5.69 Å². The van der Waals surface area contributed by atoms with Crippen LogP contribution in [0.5, 0.6) is 5.75 Å². The Kier molecular flexibility index (Phi) is 4.42. The van der Waals surface area contributed by atoms with Gasteiger partial charge < -0.3 is 5.11 Å². The smallest absolute Gasteiger partial charge is 0.289 e. The van der Waals surface area contributed by atoms with Crippen LogP contribution in [0.2, 0.25) is 0 Å². The number of para-hydroxylation sites is 1. The number of benzene rings is 1. The predicted octanol–water partition coefficient (Wildman–Crippen LogP) is 1.85. The Morgan fingerprint density at radius 3 is 2.64 bits per heavy atom. The molecule has 0 aliphatic rings. The van der Waals surface area contributed by atoms with E-state index in [9.17, 15) is 20.0 Å². The van der Waals surface area contributed by atoms with Crippen LogP contribution in [0.1, 0.15) is 23.0 Å². The van der Waals surface area contributed by atoms with Crippen molar-refractivity contribution in [2.75, 3.05) is 0 Å². The molecule has 2 N–H and O–H groups in total. The molecule has 112 valence electrons. The average molecular weight is 300 g/mol. The minimum atomic E-state index is -0.607. The molecule has 0 saturated heterocycles. The van der Waals surface area contributed by atoms with Gasteiger partial charge in [0.1, 0.15) is 17.6 Å². The maximum absolute atomic E-state index is 11.8. The summed E-state index contributed by atoms with van der Waals surface area (Å²) in [6.45, 7) is 1.62. The number of carbonyl (C=O) groups excluding carboxylic acids is 1. The van der Waals surface area contributed by atoms with E-state index in [1.807, 2.05) is 0 Å². The highest BCUT2D eigenvalue weighted by Gasteiger charge is 2.11. The third-order valence-electron chi connectivity index (χ3n) is 2.81. The molecule has 8 heteroatoms. The molecule has 1 amide bonds. The SMILES string of the molecule is C/C(=N\NC(=O)c1ccc([N+](=O)[O-])cn1)c1ccccc1O. The molecule has 0 bridgehead atoms. The topological polar surface area (TPSA) is 118 Å². The van der Waals surface area contributed by atoms with Gasteiger partial charge >= 0.3 is 0 Å². The molecule has 0 fully saturated rings. The van der Waals surface area contributed by atoms with Gasteiger partial charge in [0.15, 0.2) is 0 Å². The van der Waals surface area contributed by atoms with E-state index in [2.05, 4.69) is 15.5 Å². The van der Waals surface area contributed by atoms with Crippen molar-refractivity contribution in [3.05, 3.63) is 64.0 Å². The van der Waals surface area contributed by atoms with Gasteiger partial charge in [0, 0.05) is 11.6 Å². The summed E-state index contributed by atoms with van der Waals surface area (Å²) in [5.41, 5.74) is 2.97. The summed E-state index contributed by atoms with van der Waals surface area (Å²) in [6.07, 6.45) is 0.995. The molecule has 0 unspecified atom stereocenters. The van der Waals surface area contributed by atoms with E-state index in [1.165, 1.54) is 18.2 Å². The number of phenols is 1. The van der Waals surface area contributed by atoms with Crippen molar-refractivity contribution in [1.29, 1.82) is 0 Å². The summed E-state index contributed by atoms with van der Waals surface area (Å²) < 4.78 is 0. The molecule has 0 atom stereocenters. The first-order chi connectivity index (χ1) is 10.5. The fourth-order valence-electron chi connectivity index (χ4n) is 1.66. The monoisotopic (exact) mass is 300 g/mol. The Bertz CT molecular complexity index is 741. The number of nitrogens with one attached hydrogen (secondary N) is 1. The van der Waals surface area contributed by atoms with Gasteiger partial charge in [0.2, 0.25) is 0 Å². The van der Waals surface area contributed by atoms with Crippen LogP contribution in [-0.2, 0) is 0 Å². The van der Waals surface area contributed by atoms with Crippen LogP contribution < -0.4 is 5.43 Å². The van der Waals surface area contributed by atoms with E-state index >= 15 is 0 Å². The van der Waals surface area contributed by atoms with E-state index in [0.717, 1.165) is 6.20 Å². The Hall–Kier alpha value is -3.29. The normalized spacial score (nSPS) is 11.0. The lowest BCUT2D eigenvalue weighted by Crippen LogP contribution is -2.20. The van der Waals surface area contributed by atoms with Crippen LogP contribution in [0.25, 0.3) is 0 Å². The predicted molar refractivity (Wildman–Crippen MR) is 78.7 cm³/mol. The van der Waals surface area contributed by atoms with Crippen LogP contribution in [0, 0.1) is 10.1 Å². The number of rotatable bonds is 4. The van der Waals surface area contributed by atoms with Gasteiger partial charge in [-0.15, -0.1) is 0 Å².